The van der Waals surface area contributed by atoms with E-state index >= 15 is 0 Å². The number of nitrogens with zero attached hydrogens (tertiary/aromatic N) is 3. The lowest BCUT2D eigenvalue weighted by Gasteiger charge is -2.33. The molecule has 0 unspecified atom stereocenters. The molecule has 1 fully saturated rings. The number of hydrogen-bond donors (Lipinski definition) is 0. The van der Waals surface area contributed by atoms with Gasteiger partial charge in [0.05, 0.1) is 15.1 Å². The third-order valence-corrected chi connectivity index (χ3v) is 8.77. The van der Waals surface area contributed by atoms with Crippen LogP contribution in [0.25, 0.3) is 16.3 Å². The smallest absolute Gasteiger partial charge is 0.308 e. The molecule has 2 aromatic carbocycles. The average Bonchev–Trinajstić information content (AvgIpc) is 3.13. The molecule has 1 amide bonds. The summed E-state index contributed by atoms with van der Waals surface area (Å²) in [4.78, 5) is 26.5. The number of aryl methyl sites for hydroxylation is 1. The molecule has 10 heteroatoms. The Morgan fingerprint density at radius 2 is 1.85 bits per heavy atom. The molecule has 1 saturated heterocycles. The molecule has 0 atom stereocenters. The summed E-state index contributed by atoms with van der Waals surface area (Å²) in [5.41, 5.74) is 1.51. The van der Waals surface area contributed by atoms with Crippen LogP contribution in [0, 0.1) is 0 Å². The average molecular weight is 506 g/mol. The molecule has 3 aromatic rings. The minimum atomic E-state index is -3.72. The quantitative estimate of drug-likeness (QED) is 0.479. The number of sulfonamides is 1. The predicted octanol–water partition coefficient (Wildman–Crippen LogP) is 3.67. The van der Waals surface area contributed by atoms with Gasteiger partial charge in [0.2, 0.25) is 15.9 Å². The van der Waals surface area contributed by atoms with Gasteiger partial charge in [-0.3, -0.25) is 14.2 Å². The number of halogens is 1. The van der Waals surface area contributed by atoms with Crippen LogP contribution in [-0.2, 0) is 21.4 Å². The molecule has 0 bridgehead atoms. The minimum absolute atomic E-state index is 0.0848. The number of aromatic nitrogens is 1. The maximum Gasteiger partial charge on any atom is 0.308 e. The highest BCUT2D eigenvalue weighted by Gasteiger charge is 2.30. The molecule has 0 saturated carbocycles. The summed E-state index contributed by atoms with van der Waals surface area (Å²) in [5, 5.41) is 0.560. The number of thiazole rings is 1. The van der Waals surface area contributed by atoms with Crippen LogP contribution < -0.4 is 4.87 Å². The van der Waals surface area contributed by atoms with Crippen molar-refractivity contribution >= 4 is 55.2 Å². The largest absolute Gasteiger partial charge is 0.337 e. The van der Waals surface area contributed by atoms with Crippen LogP contribution in [0.15, 0.2) is 58.2 Å². The molecular formula is C23H24ClN3O4S2. The van der Waals surface area contributed by atoms with Gasteiger partial charge in [-0.2, -0.15) is 4.31 Å². The fourth-order valence-electron chi connectivity index (χ4n) is 3.82. The second-order valence-corrected chi connectivity index (χ2v) is 11.1. The summed E-state index contributed by atoms with van der Waals surface area (Å²) in [5.74, 6) is -0.185. The first-order chi connectivity index (χ1) is 15.8. The summed E-state index contributed by atoms with van der Waals surface area (Å²) in [7, 11) is -3.72. The van der Waals surface area contributed by atoms with Crippen LogP contribution >= 0.6 is 22.9 Å². The Labute approximate surface area is 201 Å². The van der Waals surface area contributed by atoms with Gasteiger partial charge in [0, 0.05) is 43.8 Å². The zero-order chi connectivity index (χ0) is 23.6. The van der Waals surface area contributed by atoms with Gasteiger partial charge in [0.1, 0.15) is 0 Å². The maximum atomic E-state index is 13.2. The minimum Gasteiger partial charge on any atom is -0.337 e. The van der Waals surface area contributed by atoms with Crippen LogP contribution in [0.2, 0.25) is 5.02 Å². The Morgan fingerprint density at radius 1 is 1.12 bits per heavy atom. The summed E-state index contributed by atoms with van der Waals surface area (Å²) < 4.78 is 30.1. The zero-order valence-corrected chi connectivity index (χ0v) is 20.5. The van der Waals surface area contributed by atoms with Crippen molar-refractivity contribution in [2.45, 2.75) is 24.8 Å². The van der Waals surface area contributed by atoms with Crippen LogP contribution in [-0.4, -0.2) is 54.3 Å². The van der Waals surface area contributed by atoms with E-state index in [2.05, 4.69) is 0 Å². The first-order valence-corrected chi connectivity index (χ1v) is 13.3. The number of rotatable bonds is 6. The second kappa shape index (κ2) is 9.80. The standard InChI is InChI=1S/C23H24ClN3O4S2/c1-2-11-27-20-9-8-18(16-21(20)32-23(27)29)33(30,31)26-14-12-25(13-15-26)22(28)10-7-17-5-3-4-6-19(17)24/h3-10,16H,2,11-15H2,1H3/b10-7+. The summed E-state index contributed by atoms with van der Waals surface area (Å²) in [6, 6.07) is 12.1. The van der Waals surface area contributed by atoms with E-state index in [1.807, 2.05) is 25.1 Å². The molecule has 4 rings (SSSR count). The molecule has 1 aromatic heterocycles. The third kappa shape index (κ3) is 4.91. The number of hydrogen-bond acceptors (Lipinski definition) is 5. The molecular weight excluding hydrogens is 482 g/mol. The molecule has 0 radical (unpaired) electrons. The monoisotopic (exact) mass is 505 g/mol. The Bertz CT molecular complexity index is 1370. The van der Waals surface area contributed by atoms with Crippen molar-refractivity contribution in [1.82, 2.24) is 13.8 Å². The van der Waals surface area contributed by atoms with Crippen molar-refractivity contribution in [3.63, 3.8) is 0 Å². The van der Waals surface area contributed by atoms with E-state index in [9.17, 15) is 18.0 Å². The van der Waals surface area contributed by atoms with E-state index in [1.165, 1.54) is 10.4 Å². The van der Waals surface area contributed by atoms with E-state index in [0.29, 0.717) is 29.4 Å². The van der Waals surface area contributed by atoms with Gasteiger partial charge in [-0.1, -0.05) is 48.1 Å². The molecule has 0 aliphatic carbocycles. The van der Waals surface area contributed by atoms with Crippen LogP contribution in [0.5, 0.6) is 0 Å². The van der Waals surface area contributed by atoms with Crippen molar-refractivity contribution in [3.05, 3.63) is 68.8 Å². The Kier molecular flexibility index (Phi) is 7.04. The molecule has 174 valence electrons. The van der Waals surface area contributed by atoms with Gasteiger partial charge < -0.3 is 4.90 Å². The number of amides is 1. The van der Waals surface area contributed by atoms with Crippen molar-refractivity contribution in [3.8, 4) is 0 Å². The normalized spacial score (nSPS) is 15.5. The van der Waals surface area contributed by atoms with Crippen LogP contribution in [0.1, 0.15) is 18.9 Å². The fourth-order valence-corrected chi connectivity index (χ4v) is 6.50. The highest BCUT2D eigenvalue weighted by Crippen LogP contribution is 2.25. The lowest BCUT2D eigenvalue weighted by atomic mass is 10.2. The van der Waals surface area contributed by atoms with Crippen LogP contribution in [0.4, 0.5) is 0 Å². The van der Waals surface area contributed by atoms with E-state index < -0.39 is 10.0 Å². The molecule has 2 heterocycles. The summed E-state index contributed by atoms with van der Waals surface area (Å²) >= 11 is 7.17. The van der Waals surface area contributed by atoms with Crippen molar-refractivity contribution < 1.29 is 13.2 Å². The first kappa shape index (κ1) is 23.7. The number of carbonyl (C=O) groups is 1. The van der Waals surface area contributed by atoms with E-state index in [-0.39, 0.29) is 28.8 Å². The molecule has 0 N–H and O–H groups in total. The Hall–Kier alpha value is -2.46. The highest BCUT2D eigenvalue weighted by molar-refractivity contribution is 7.89. The van der Waals surface area contributed by atoms with E-state index in [4.69, 9.17) is 11.6 Å². The molecule has 0 spiro atoms. The number of carbonyl (C=O) groups excluding carboxylic acids is 1. The summed E-state index contributed by atoms with van der Waals surface area (Å²) in [6.07, 6.45) is 3.95. The van der Waals surface area contributed by atoms with Gasteiger partial charge in [-0.05, 0) is 42.3 Å². The Balaban J connectivity index is 1.45. The van der Waals surface area contributed by atoms with Gasteiger partial charge in [-0.25, -0.2) is 8.42 Å². The SMILES string of the molecule is CCCn1c(=O)sc2cc(S(=O)(=O)N3CCN(C(=O)/C=C/c4ccccc4Cl)CC3)ccc21. The number of piperazine rings is 1. The van der Waals surface area contributed by atoms with E-state index in [0.717, 1.165) is 28.8 Å². The van der Waals surface area contributed by atoms with Gasteiger partial charge in [-0.15, -0.1) is 0 Å². The maximum absolute atomic E-state index is 13.2. The Morgan fingerprint density at radius 3 is 2.55 bits per heavy atom. The number of fused-ring (bicyclic) bond motifs is 1. The van der Waals surface area contributed by atoms with Crippen LogP contribution in [0.3, 0.4) is 0 Å². The molecule has 7 nitrogen and oxygen atoms in total. The van der Waals surface area contributed by atoms with Gasteiger partial charge >= 0.3 is 4.87 Å². The summed E-state index contributed by atoms with van der Waals surface area (Å²) in [6.45, 7) is 3.61. The number of benzene rings is 2. The molecule has 1 aliphatic heterocycles. The lowest BCUT2D eigenvalue weighted by molar-refractivity contribution is -0.127. The van der Waals surface area contributed by atoms with Gasteiger partial charge in [0.15, 0.2) is 0 Å². The highest BCUT2D eigenvalue weighted by atomic mass is 35.5. The topological polar surface area (TPSA) is 79.7 Å². The predicted molar refractivity (Wildman–Crippen MR) is 132 cm³/mol. The van der Waals surface area contributed by atoms with Crippen molar-refractivity contribution in [1.29, 1.82) is 0 Å². The zero-order valence-electron chi connectivity index (χ0n) is 18.1. The third-order valence-electron chi connectivity index (χ3n) is 5.59. The van der Waals surface area contributed by atoms with E-state index in [1.54, 1.807) is 39.8 Å². The lowest BCUT2D eigenvalue weighted by Crippen LogP contribution is -2.50. The van der Waals surface area contributed by atoms with Crippen molar-refractivity contribution in [2.24, 2.45) is 0 Å². The van der Waals surface area contributed by atoms with Gasteiger partial charge in [0.25, 0.3) is 0 Å². The molecule has 33 heavy (non-hydrogen) atoms. The second-order valence-electron chi connectivity index (χ2n) is 7.73. The van der Waals surface area contributed by atoms with Crippen molar-refractivity contribution in [2.75, 3.05) is 26.2 Å². The fraction of sp³-hybridized carbons (Fsp3) is 0.304. The molecule has 1 aliphatic rings. The first-order valence-electron chi connectivity index (χ1n) is 10.7.